The SMILES string of the molecule is CN1C(=O)CC(=O)CC12CC2. The Bertz CT molecular complexity index is 230. The quantitative estimate of drug-likeness (QED) is 0.470. The molecule has 0 radical (unpaired) electrons. The molecule has 0 aromatic heterocycles. The fraction of sp³-hybridized carbons (Fsp3) is 0.750. The van der Waals surface area contributed by atoms with Crippen molar-refractivity contribution in [3.05, 3.63) is 0 Å². The first-order valence-electron chi connectivity index (χ1n) is 3.92. The molecule has 11 heavy (non-hydrogen) atoms. The summed E-state index contributed by atoms with van der Waals surface area (Å²) in [6.45, 7) is 0. The Morgan fingerprint density at radius 1 is 1.36 bits per heavy atom. The largest absolute Gasteiger partial charge is 0.339 e. The van der Waals surface area contributed by atoms with E-state index in [1.54, 1.807) is 4.90 Å². The highest BCUT2D eigenvalue weighted by atomic mass is 16.2. The third-order valence-corrected chi connectivity index (χ3v) is 2.79. The first-order valence-corrected chi connectivity index (χ1v) is 3.92. The van der Waals surface area contributed by atoms with Crippen LogP contribution in [0.5, 0.6) is 0 Å². The van der Waals surface area contributed by atoms with Crippen LogP contribution in [-0.4, -0.2) is 29.2 Å². The minimum Gasteiger partial charge on any atom is -0.339 e. The van der Waals surface area contributed by atoms with Crippen LogP contribution in [0.1, 0.15) is 25.7 Å². The van der Waals surface area contributed by atoms with E-state index in [1.807, 2.05) is 7.05 Å². The van der Waals surface area contributed by atoms with Gasteiger partial charge in [0, 0.05) is 19.0 Å². The highest BCUT2D eigenvalue weighted by Gasteiger charge is 2.52. The van der Waals surface area contributed by atoms with Gasteiger partial charge < -0.3 is 4.90 Å². The molecule has 2 aliphatic rings. The van der Waals surface area contributed by atoms with Gasteiger partial charge in [0.25, 0.3) is 0 Å². The molecule has 2 rings (SSSR count). The van der Waals surface area contributed by atoms with Crippen molar-refractivity contribution < 1.29 is 9.59 Å². The standard InChI is InChI=1S/C8H11NO2/c1-9-7(11)4-6(10)5-8(9)2-3-8/h2-5H2,1H3. The number of piperidine rings is 1. The molecule has 0 N–H and O–H groups in total. The second-order valence-corrected chi connectivity index (χ2v) is 3.57. The molecule has 0 aromatic rings. The summed E-state index contributed by atoms with van der Waals surface area (Å²) in [7, 11) is 1.81. The summed E-state index contributed by atoms with van der Waals surface area (Å²) in [6, 6.07) is 0. The van der Waals surface area contributed by atoms with Crippen molar-refractivity contribution >= 4 is 11.7 Å². The van der Waals surface area contributed by atoms with Crippen molar-refractivity contribution in [2.45, 2.75) is 31.2 Å². The summed E-state index contributed by atoms with van der Waals surface area (Å²) in [5.41, 5.74) is -0.0353. The van der Waals surface area contributed by atoms with Crippen molar-refractivity contribution in [3.63, 3.8) is 0 Å². The van der Waals surface area contributed by atoms with Gasteiger partial charge in [0.2, 0.25) is 5.91 Å². The molecule has 0 aromatic carbocycles. The predicted octanol–water partition coefficient (Wildman–Crippen LogP) is 0.340. The molecule has 1 heterocycles. The van der Waals surface area contributed by atoms with Crippen LogP contribution in [0.4, 0.5) is 0 Å². The average molecular weight is 153 g/mol. The maximum Gasteiger partial charge on any atom is 0.230 e. The molecule has 1 spiro atoms. The number of Topliss-reactive ketones (excluding diaryl/α,β-unsaturated/α-hetero) is 1. The van der Waals surface area contributed by atoms with E-state index in [9.17, 15) is 9.59 Å². The molecule has 3 nitrogen and oxygen atoms in total. The van der Waals surface area contributed by atoms with E-state index in [0.717, 1.165) is 12.8 Å². The second-order valence-electron chi connectivity index (χ2n) is 3.57. The lowest BCUT2D eigenvalue weighted by Crippen LogP contribution is -2.45. The third-order valence-electron chi connectivity index (χ3n) is 2.79. The molecule has 0 unspecified atom stereocenters. The molecule has 2 fully saturated rings. The number of carbonyl (C=O) groups excluding carboxylic acids is 2. The van der Waals surface area contributed by atoms with Gasteiger partial charge in [-0.3, -0.25) is 9.59 Å². The van der Waals surface area contributed by atoms with Gasteiger partial charge in [-0.15, -0.1) is 0 Å². The lowest BCUT2D eigenvalue weighted by atomic mass is 9.99. The maximum absolute atomic E-state index is 11.2. The average Bonchev–Trinajstić information content (AvgIpc) is 2.65. The summed E-state index contributed by atoms with van der Waals surface area (Å²) >= 11 is 0. The van der Waals surface area contributed by atoms with E-state index in [2.05, 4.69) is 0 Å². The van der Waals surface area contributed by atoms with Crippen LogP contribution in [-0.2, 0) is 9.59 Å². The number of rotatable bonds is 0. The van der Waals surface area contributed by atoms with E-state index in [-0.39, 0.29) is 23.7 Å². The van der Waals surface area contributed by atoms with E-state index < -0.39 is 0 Å². The number of likely N-dealkylation sites (tertiary alicyclic amines) is 1. The van der Waals surface area contributed by atoms with Crippen molar-refractivity contribution in [2.75, 3.05) is 7.05 Å². The Hall–Kier alpha value is -0.860. The number of nitrogens with zero attached hydrogens (tertiary/aromatic N) is 1. The van der Waals surface area contributed by atoms with Crippen molar-refractivity contribution in [1.82, 2.24) is 4.90 Å². The molecular formula is C8H11NO2. The number of ketones is 1. The minimum atomic E-state index is -0.0353. The van der Waals surface area contributed by atoms with E-state index in [1.165, 1.54) is 0 Å². The Morgan fingerprint density at radius 3 is 2.55 bits per heavy atom. The van der Waals surface area contributed by atoms with Crippen molar-refractivity contribution in [1.29, 1.82) is 0 Å². The molecule has 1 amide bonds. The van der Waals surface area contributed by atoms with Gasteiger partial charge in [-0.05, 0) is 12.8 Å². The normalized spacial score (nSPS) is 27.9. The number of carbonyl (C=O) groups is 2. The predicted molar refractivity (Wildman–Crippen MR) is 39.0 cm³/mol. The second kappa shape index (κ2) is 1.84. The van der Waals surface area contributed by atoms with Crippen LogP contribution in [0.2, 0.25) is 0 Å². The highest BCUT2D eigenvalue weighted by Crippen LogP contribution is 2.46. The van der Waals surface area contributed by atoms with Crippen LogP contribution in [0, 0.1) is 0 Å². The number of hydrogen-bond acceptors (Lipinski definition) is 2. The van der Waals surface area contributed by atoms with E-state index in [4.69, 9.17) is 0 Å². The zero-order chi connectivity index (χ0) is 8.06. The molecule has 0 bridgehead atoms. The highest BCUT2D eigenvalue weighted by molar-refractivity contribution is 6.01. The zero-order valence-electron chi connectivity index (χ0n) is 6.59. The fourth-order valence-corrected chi connectivity index (χ4v) is 1.76. The maximum atomic E-state index is 11.2. The molecule has 1 aliphatic carbocycles. The first-order chi connectivity index (χ1) is 5.14. The summed E-state index contributed by atoms with van der Waals surface area (Å²) in [5, 5.41) is 0. The van der Waals surface area contributed by atoms with Crippen LogP contribution in [0.25, 0.3) is 0 Å². The lowest BCUT2D eigenvalue weighted by molar-refractivity contribution is -0.142. The van der Waals surface area contributed by atoms with Crippen LogP contribution >= 0.6 is 0 Å². The molecule has 1 saturated heterocycles. The fourth-order valence-electron chi connectivity index (χ4n) is 1.76. The molecular weight excluding hydrogens is 142 g/mol. The zero-order valence-corrected chi connectivity index (χ0v) is 6.59. The van der Waals surface area contributed by atoms with Crippen LogP contribution in [0.3, 0.4) is 0 Å². The van der Waals surface area contributed by atoms with E-state index >= 15 is 0 Å². The minimum absolute atomic E-state index is 0.00116. The summed E-state index contributed by atoms with van der Waals surface area (Å²) in [6.07, 6.45) is 2.75. The monoisotopic (exact) mass is 153 g/mol. The van der Waals surface area contributed by atoms with Gasteiger partial charge >= 0.3 is 0 Å². The lowest BCUT2D eigenvalue weighted by Gasteiger charge is -2.31. The molecule has 3 heteroatoms. The van der Waals surface area contributed by atoms with Crippen molar-refractivity contribution in [2.24, 2.45) is 0 Å². The van der Waals surface area contributed by atoms with Gasteiger partial charge in [-0.1, -0.05) is 0 Å². The summed E-state index contributed by atoms with van der Waals surface area (Å²) < 4.78 is 0. The number of amides is 1. The topological polar surface area (TPSA) is 37.4 Å². The molecule has 0 atom stereocenters. The third kappa shape index (κ3) is 0.870. The Kier molecular flexibility index (Phi) is 1.14. The number of hydrogen-bond donors (Lipinski definition) is 0. The van der Waals surface area contributed by atoms with Gasteiger partial charge in [-0.2, -0.15) is 0 Å². The first kappa shape index (κ1) is 6.83. The van der Waals surface area contributed by atoms with Crippen LogP contribution in [0.15, 0.2) is 0 Å². The molecule has 1 saturated carbocycles. The Balaban J connectivity index is 2.22. The smallest absolute Gasteiger partial charge is 0.230 e. The summed E-state index contributed by atoms with van der Waals surface area (Å²) in [5.74, 6) is 0.115. The summed E-state index contributed by atoms with van der Waals surface area (Å²) in [4.78, 5) is 24.0. The van der Waals surface area contributed by atoms with Gasteiger partial charge in [0.15, 0.2) is 0 Å². The van der Waals surface area contributed by atoms with Gasteiger partial charge in [-0.25, -0.2) is 0 Å². The van der Waals surface area contributed by atoms with Gasteiger partial charge in [0.1, 0.15) is 5.78 Å². The Morgan fingerprint density at radius 2 is 2.00 bits per heavy atom. The Labute approximate surface area is 65.4 Å². The van der Waals surface area contributed by atoms with Gasteiger partial charge in [0.05, 0.1) is 6.42 Å². The van der Waals surface area contributed by atoms with Crippen molar-refractivity contribution in [3.8, 4) is 0 Å². The molecule has 1 aliphatic heterocycles. The van der Waals surface area contributed by atoms with Crippen LogP contribution < -0.4 is 0 Å². The molecule has 60 valence electrons. The van der Waals surface area contributed by atoms with E-state index in [0.29, 0.717) is 6.42 Å².